The van der Waals surface area contributed by atoms with E-state index in [1.54, 1.807) is 6.07 Å². The Morgan fingerprint density at radius 1 is 0.947 bits per heavy atom. The van der Waals surface area contributed by atoms with E-state index in [2.05, 4.69) is 19.1 Å². The summed E-state index contributed by atoms with van der Waals surface area (Å²) in [6.07, 6.45) is 4.86. The minimum atomic E-state index is -0.140. The predicted octanol–water partition coefficient (Wildman–Crippen LogP) is 5.53. The monoisotopic (exact) mass is 256 g/mol. The minimum absolute atomic E-state index is 0.140. The van der Waals surface area contributed by atoms with Gasteiger partial charge in [-0.2, -0.15) is 0 Å². The van der Waals surface area contributed by atoms with E-state index in [9.17, 15) is 4.39 Å². The van der Waals surface area contributed by atoms with E-state index >= 15 is 0 Å². The number of halogens is 1. The van der Waals surface area contributed by atoms with E-state index in [4.69, 9.17) is 0 Å². The highest BCUT2D eigenvalue weighted by Crippen LogP contribution is 2.24. The van der Waals surface area contributed by atoms with E-state index in [-0.39, 0.29) is 5.82 Å². The Balaban J connectivity index is 2.13. The average Bonchev–Trinajstić information content (AvgIpc) is 2.40. The van der Waals surface area contributed by atoms with Crippen molar-refractivity contribution >= 4 is 0 Å². The van der Waals surface area contributed by atoms with Gasteiger partial charge in [-0.05, 0) is 42.5 Å². The van der Waals surface area contributed by atoms with Crippen LogP contribution in [0.1, 0.15) is 37.3 Å². The van der Waals surface area contributed by atoms with Crippen molar-refractivity contribution in [1.29, 1.82) is 0 Å². The molecule has 0 radical (unpaired) electrons. The van der Waals surface area contributed by atoms with Crippen LogP contribution in [0.25, 0.3) is 11.1 Å². The maximum absolute atomic E-state index is 13.9. The van der Waals surface area contributed by atoms with Gasteiger partial charge in [0, 0.05) is 5.56 Å². The number of aryl methyl sites for hydroxylation is 2. The third-order valence-corrected chi connectivity index (χ3v) is 3.46. The highest BCUT2D eigenvalue weighted by Gasteiger charge is 2.05. The molecule has 0 heterocycles. The molecule has 0 spiro atoms. The SMILES string of the molecule is CCCCCc1ccc(-c2ccc(C)cc2F)cc1. The first-order chi connectivity index (χ1) is 9.20. The third-order valence-electron chi connectivity index (χ3n) is 3.46. The zero-order valence-corrected chi connectivity index (χ0v) is 11.7. The Bertz CT molecular complexity index is 526. The standard InChI is InChI=1S/C18H21F/c1-3-4-5-6-15-8-10-16(11-9-15)17-12-7-14(2)13-18(17)19/h7-13H,3-6H2,1-2H3. The number of rotatable bonds is 5. The number of unbranched alkanes of at least 4 members (excludes halogenated alkanes) is 2. The first-order valence-electron chi connectivity index (χ1n) is 7.06. The fraction of sp³-hybridized carbons (Fsp3) is 0.333. The fourth-order valence-electron chi connectivity index (χ4n) is 2.28. The molecule has 0 saturated carbocycles. The maximum Gasteiger partial charge on any atom is 0.131 e. The Kier molecular flexibility index (Phi) is 4.73. The molecule has 0 fully saturated rings. The Labute approximate surface area is 115 Å². The molecule has 0 amide bonds. The second kappa shape index (κ2) is 6.51. The van der Waals surface area contributed by atoms with Crippen LogP contribution in [0.2, 0.25) is 0 Å². The van der Waals surface area contributed by atoms with Crippen LogP contribution in [0, 0.1) is 12.7 Å². The van der Waals surface area contributed by atoms with E-state index in [1.165, 1.54) is 24.8 Å². The fourth-order valence-corrected chi connectivity index (χ4v) is 2.28. The zero-order chi connectivity index (χ0) is 13.7. The molecular formula is C18H21F. The first kappa shape index (κ1) is 13.8. The molecule has 100 valence electrons. The summed E-state index contributed by atoms with van der Waals surface area (Å²) in [4.78, 5) is 0. The van der Waals surface area contributed by atoms with Gasteiger partial charge in [0.2, 0.25) is 0 Å². The molecule has 0 aromatic heterocycles. The lowest BCUT2D eigenvalue weighted by Crippen LogP contribution is -1.88. The van der Waals surface area contributed by atoms with Crippen LogP contribution in [0.5, 0.6) is 0 Å². The van der Waals surface area contributed by atoms with Crippen molar-refractivity contribution in [2.24, 2.45) is 0 Å². The number of hydrogen-bond donors (Lipinski definition) is 0. The smallest absolute Gasteiger partial charge is 0.131 e. The van der Waals surface area contributed by atoms with Crippen LogP contribution in [-0.4, -0.2) is 0 Å². The van der Waals surface area contributed by atoms with Crippen LogP contribution in [0.4, 0.5) is 4.39 Å². The molecule has 0 bridgehead atoms. The second-order valence-electron chi connectivity index (χ2n) is 5.14. The van der Waals surface area contributed by atoms with Crippen molar-refractivity contribution in [1.82, 2.24) is 0 Å². The molecule has 2 aromatic rings. The summed E-state index contributed by atoms with van der Waals surface area (Å²) in [6.45, 7) is 4.12. The Hall–Kier alpha value is -1.63. The summed E-state index contributed by atoms with van der Waals surface area (Å²) < 4.78 is 13.9. The average molecular weight is 256 g/mol. The highest BCUT2D eigenvalue weighted by molar-refractivity contribution is 5.64. The second-order valence-corrected chi connectivity index (χ2v) is 5.14. The van der Waals surface area contributed by atoms with Crippen molar-refractivity contribution in [2.45, 2.75) is 39.5 Å². The van der Waals surface area contributed by atoms with Gasteiger partial charge in [0.25, 0.3) is 0 Å². The molecule has 0 aliphatic carbocycles. The molecule has 1 heteroatoms. The minimum Gasteiger partial charge on any atom is -0.206 e. The molecule has 2 rings (SSSR count). The molecule has 0 aliphatic heterocycles. The lowest BCUT2D eigenvalue weighted by atomic mass is 10.00. The Morgan fingerprint density at radius 3 is 2.32 bits per heavy atom. The highest BCUT2D eigenvalue weighted by atomic mass is 19.1. The molecule has 0 unspecified atom stereocenters. The van der Waals surface area contributed by atoms with Crippen LogP contribution >= 0.6 is 0 Å². The van der Waals surface area contributed by atoms with Crippen LogP contribution in [0.3, 0.4) is 0 Å². The predicted molar refractivity (Wildman–Crippen MR) is 79.8 cm³/mol. The van der Waals surface area contributed by atoms with Gasteiger partial charge in [-0.15, -0.1) is 0 Å². The molecule has 0 saturated heterocycles. The van der Waals surface area contributed by atoms with Crippen molar-refractivity contribution in [2.75, 3.05) is 0 Å². The van der Waals surface area contributed by atoms with Gasteiger partial charge in [-0.3, -0.25) is 0 Å². The Morgan fingerprint density at radius 2 is 1.68 bits per heavy atom. The molecule has 0 atom stereocenters. The zero-order valence-electron chi connectivity index (χ0n) is 11.7. The van der Waals surface area contributed by atoms with Gasteiger partial charge < -0.3 is 0 Å². The molecular weight excluding hydrogens is 235 g/mol. The van der Waals surface area contributed by atoms with E-state index in [0.717, 1.165) is 17.5 Å². The van der Waals surface area contributed by atoms with Crippen LogP contribution in [0.15, 0.2) is 42.5 Å². The van der Waals surface area contributed by atoms with E-state index in [1.807, 2.05) is 31.2 Å². The molecule has 0 aliphatic rings. The van der Waals surface area contributed by atoms with Crippen LogP contribution < -0.4 is 0 Å². The van der Waals surface area contributed by atoms with Gasteiger partial charge in [0.1, 0.15) is 5.82 Å². The first-order valence-corrected chi connectivity index (χ1v) is 7.06. The summed E-state index contributed by atoms with van der Waals surface area (Å²) in [6, 6.07) is 13.7. The van der Waals surface area contributed by atoms with Crippen molar-refractivity contribution in [3.05, 3.63) is 59.4 Å². The van der Waals surface area contributed by atoms with Crippen molar-refractivity contribution in [3.63, 3.8) is 0 Å². The van der Waals surface area contributed by atoms with Crippen LogP contribution in [-0.2, 0) is 6.42 Å². The summed E-state index contributed by atoms with van der Waals surface area (Å²) in [5.74, 6) is -0.140. The summed E-state index contributed by atoms with van der Waals surface area (Å²) in [7, 11) is 0. The quantitative estimate of drug-likeness (QED) is 0.617. The lowest BCUT2D eigenvalue weighted by Gasteiger charge is -2.06. The molecule has 0 nitrogen and oxygen atoms in total. The number of benzene rings is 2. The molecule has 2 aromatic carbocycles. The van der Waals surface area contributed by atoms with Gasteiger partial charge in [-0.25, -0.2) is 4.39 Å². The van der Waals surface area contributed by atoms with E-state index in [0.29, 0.717) is 5.56 Å². The van der Waals surface area contributed by atoms with Gasteiger partial charge in [0.15, 0.2) is 0 Å². The summed E-state index contributed by atoms with van der Waals surface area (Å²) in [5, 5.41) is 0. The molecule has 19 heavy (non-hydrogen) atoms. The van der Waals surface area contributed by atoms with Gasteiger partial charge in [0.05, 0.1) is 0 Å². The van der Waals surface area contributed by atoms with Gasteiger partial charge in [-0.1, -0.05) is 56.2 Å². The summed E-state index contributed by atoms with van der Waals surface area (Å²) >= 11 is 0. The van der Waals surface area contributed by atoms with Gasteiger partial charge >= 0.3 is 0 Å². The van der Waals surface area contributed by atoms with Crippen molar-refractivity contribution < 1.29 is 4.39 Å². The number of hydrogen-bond acceptors (Lipinski definition) is 0. The summed E-state index contributed by atoms with van der Waals surface area (Å²) in [5.41, 5.74) is 3.93. The topological polar surface area (TPSA) is 0 Å². The lowest BCUT2D eigenvalue weighted by molar-refractivity contribution is 0.630. The van der Waals surface area contributed by atoms with Crippen molar-refractivity contribution in [3.8, 4) is 11.1 Å². The third kappa shape index (κ3) is 3.66. The van der Waals surface area contributed by atoms with E-state index < -0.39 is 0 Å². The maximum atomic E-state index is 13.9. The molecule has 0 N–H and O–H groups in total. The normalized spacial score (nSPS) is 10.7. The largest absolute Gasteiger partial charge is 0.206 e.